The fourth-order valence-corrected chi connectivity index (χ4v) is 3.51. The maximum absolute atomic E-state index is 11.1. The molecule has 2 N–H and O–H groups in total. The third kappa shape index (κ3) is 8.12. The molecule has 1 aliphatic rings. The Hall–Kier alpha value is -2.36. The van der Waals surface area contributed by atoms with Gasteiger partial charge in [-0.2, -0.15) is 0 Å². The first-order chi connectivity index (χ1) is 13.0. The lowest BCUT2D eigenvalue weighted by molar-refractivity contribution is -0.148. The van der Waals surface area contributed by atoms with Gasteiger partial charge in [-0.15, -0.1) is 0 Å². The van der Waals surface area contributed by atoms with Crippen LogP contribution in [-0.4, -0.2) is 22.2 Å². The summed E-state index contributed by atoms with van der Waals surface area (Å²) >= 11 is 0. The Morgan fingerprint density at radius 1 is 1.14 bits per heavy atom. The van der Waals surface area contributed by atoms with Crippen molar-refractivity contribution in [3.05, 3.63) is 58.7 Å². The van der Waals surface area contributed by atoms with Gasteiger partial charge in [0.1, 0.15) is 0 Å². The summed E-state index contributed by atoms with van der Waals surface area (Å²) in [6, 6.07) is 0. The van der Waals surface area contributed by atoms with Gasteiger partial charge >= 0.3 is 11.9 Å². The van der Waals surface area contributed by atoms with Crippen LogP contribution in [0.4, 0.5) is 0 Å². The number of rotatable bonds is 9. The average Bonchev–Trinajstić information content (AvgIpc) is 2.57. The van der Waals surface area contributed by atoms with E-state index in [4.69, 9.17) is 10.2 Å². The molecule has 0 saturated carbocycles. The molecule has 4 heteroatoms. The minimum absolute atomic E-state index is 0.211. The zero-order valence-corrected chi connectivity index (χ0v) is 17.8. The fourth-order valence-electron chi connectivity index (χ4n) is 3.51. The molecule has 154 valence electrons. The molecule has 0 bridgehead atoms. The molecule has 0 radical (unpaired) electrons. The lowest BCUT2D eigenvalue weighted by Gasteiger charge is -2.32. The normalized spacial score (nSPS) is 19.5. The topological polar surface area (TPSA) is 74.6 Å². The number of allylic oxidation sites excluding steroid dienone is 10. The third-order valence-electron chi connectivity index (χ3n) is 5.27. The van der Waals surface area contributed by atoms with E-state index in [1.165, 1.54) is 30.4 Å². The summed E-state index contributed by atoms with van der Waals surface area (Å²) in [4.78, 5) is 21.8. The van der Waals surface area contributed by atoms with Crippen molar-refractivity contribution in [2.24, 2.45) is 11.3 Å². The molecular weight excluding hydrogens is 352 g/mol. The molecule has 1 rings (SSSR count). The Morgan fingerprint density at radius 3 is 2.39 bits per heavy atom. The molecule has 0 spiro atoms. The Bertz CT molecular complexity index is 730. The first kappa shape index (κ1) is 23.7. The second-order valence-corrected chi connectivity index (χ2v) is 8.35. The van der Waals surface area contributed by atoms with Gasteiger partial charge in [-0.05, 0) is 57.4 Å². The number of hydrogen-bond donors (Lipinski definition) is 2. The van der Waals surface area contributed by atoms with Gasteiger partial charge in [0.15, 0.2) is 0 Å². The van der Waals surface area contributed by atoms with Gasteiger partial charge in [-0.1, -0.05) is 67.0 Å². The smallest absolute Gasteiger partial charge is 0.307 e. The SMILES string of the molecule is CC(C=CC1=C(C)CCCC1(C)C)=CC=CC(C)=CCC(CC(=O)O)C(=O)O. The van der Waals surface area contributed by atoms with Crippen LogP contribution in [-0.2, 0) is 9.59 Å². The van der Waals surface area contributed by atoms with E-state index in [2.05, 4.69) is 39.8 Å². The molecule has 1 atom stereocenters. The zero-order chi connectivity index (χ0) is 21.3. The van der Waals surface area contributed by atoms with Crippen molar-refractivity contribution >= 4 is 11.9 Å². The summed E-state index contributed by atoms with van der Waals surface area (Å²) < 4.78 is 0. The highest BCUT2D eigenvalue weighted by Gasteiger charge is 2.26. The highest BCUT2D eigenvalue weighted by Crippen LogP contribution is 2.40. The minimum atomic E-state index is -1.09. The molecule has 4 nitrogen and oxygen atoms in total. The molecule has 0 aliphatic heterocycles. The summed E-state index contributed by atoms with van der Waals surface area (Å²) in [6.07, 6.45) is 15.5. The molecule has 0 aromatic heterocycles. The van der Waals surface area contributed by atoms with E-state index in [9.17, 15) is 9.59 Å². The molecule has 1 aliphatic carbocycles. The third-order valence-corrected chi connectivity index (χ3v) is 5.27. The van der Waals surface area contributed by atoms with Crippen LogP contribution < -0.4 is 0 Å². The number of carboxylic acids is 2. The molecule has 0 aromatic carbocycles. The quantitative estimate of drug-likeness (QED) is 0.471. The van der Waals surface area contributed by atoms with E-state index in [1.807, 2.05) is 25.2 Å². The molecule has 0 aromatic rings. The maximum atomic E-state index is 11.1. The molecular formula is C24H34O4. The van der Waals surface area contributed by atoms with Crippen molar-refractivity contribution in [3.8, 4) is 0 Å². The molecule has 0 saturated heterocycles. The van der Waals surface area contributed by atoms with Crippen molar-refractivity contribution in [2.45, 2.75) is 66.7 Å². The van der Waals surface area contributed by atoms with Crippen molar-refractivity contribution in [1.82, 2.24) is 0 Å². The predicted molar refractivity (Wildman–Crippen MR) is 114 cm³/mol. The maximum Gasteiger partial charge on any atom is 0.307 e. The summed E-state index contributed by atoms with van der Waals surface area (Å²) in [5, 5.41) is 17.9. The Morgan fingerprint density at radius 2 is 1.82 bits per heavy atom. The number of aliphatic carboxylic acids is 2. The van der Waals surface area contributed by atoms with Gasteiger partial charge in [-0.25, -0.2) is 0 Å². The van der Waals surface area contributed by atoms with Gasteiger partial charge in [0, 0.05) is 0 Å². The first-order valence-corrected chi connectivity index (χ1v) is 9.87. The van der Waals surface area contributed by atoms with Crippen LogP contribution in [0.25, 0.3) is 0 Å². The van der Waals surface area contributed by atoms with Gasteiger partial charge < -0.3 is 10.2 Å². The summed E-state index contributed by atoms with van der Waals surface area (Å²) in [7, 11) is 0. The van der Waals surface area contributed by atoms with Crippen LogP contribution in [0, 0.1) is 11.3 Å². The number of carboxylic acid groups (broad SMARTS) is 2. The van der Waals surface area contributed by atoms with Crippen LogP contribution in [0.2, 0.25) is 0 Å². The monoisotopic (exact) mass is 386 g/mol. The zero-order valence-electron chi connectivity index (χ0n) is 17.8. The first-order valence-electron chi connectivity index (χ1n) is 9.87. The lowest BCUT2D eigenvalue weighted by atomic mass is 9.72. The van der Waals surface area contributed by atoms with Crippen molar-refractivity contribution in [3.63, 3.8) is 0 Å². The van der Waals surface area contributed by atoms with E-state index in [0.717, 1.165) is 11.1 Å². The second kappa shape index (κ2) is 10.8. The van der Waals surface area contributed by atoms with Crippen molar-refractivity contribution < 1.29 is 19.8 Å². The standard InChI is InChI=1S/C24H34O4/c1-17(11-13-20(23(27)28)16-22(25)26)8-6-9-18(2)12-14-21-19(3)10-7-15-24(21,4)5/h6,8-9,11-12,14,20H,7,10,13,15-16H2,1-5H3,(H,25,26)(H,27,28). The molecule has 0 amide bonds. The molecule has 0 fully saturated rings. The Kier molecular flexibility index (Phi) is 9.17. The van der Waals surface area contributed by atoms with E-state index >= 15 is 0 Å². The number of hydrogen-bond acceptors (Lipinski definition) is 2. The van der Waals surface area contributed by atoms with Gasteiger partial charge in [0.05, 0.1) is 12.3 Å². The fraction of sp³-hybridized carbons (Fsp3) is 0.500. The highest BCUT2D eigenvalue weighted by atomic mass is 16.4. The molecule has 28 heavy (non-hydrogen) atoms. The van der Waals surface area contributed by atoms with Crippen LogP contribution >= 0.6 is 0 Å². The van der Waals surface area contributed by atoms with Crippen molar-refractivity contribution in [2.75, 3.05) is 0 Å². The van der Waals surface area contributed by atoms with Gasteiger partial charge in [-0.3, -0.25) is 9.59 Å². The summed E-state index contributed by atoms with van der Waals surface area (Å²) in [6.45, 7) is 10.8. The van der Waals surface area contributed by atoms with Crippen LogP contribution in [0.5, 0.6) is 0 Å². The molecule has 0 heterocycles. The minimum Gasteiger partial charge on any atom is -0.481 e. The van der Waals surface area contributed by atoms with Crippen LogP contribution in [0.3, 0.4) is 0 Å². The molecule has 1 unspecified atom stereocenters. The van der Waals surface area contributed by atoms with Gasteiger partial charge in [0.25, 0.3) is 0 Å². The highest BCUT2D eigenvalue weighted by molar-refractivity contribution is 5.77. The van der Waals surface area contributed by atoms with E-state index in [1.54, 1.807) is 6.08 Å². The van der Waals surface area contributed by atoms with Crippen LogP contribution in [0.15, 0.2) is 58.7 Å². The Balaban J connectivity index is 2.72. The lowest BCUT2D eigenvalue weighted by Crippen LogP contribution is -2.19. The second-order valence-electron chi connectivity index (χ2n) is 8.35. The largest absolute Gasteiger partial charge is 0.481 e. The summed E-state index contributed by atoms with van der Waals surface area (Å²) in [5.41, 5.74) is 5.19. The van der Waals surface area contributed by atoms with Gasteiger partial charge in [0.2, 0.25) is 0 Å². The Labute approximate surface area is 169 Å². The van der Waals surface area contributed by atoms with E-state index in [0.29, 0.717) is 0 Å². The van der Waals surface area contributed by atoms with E-state index < -0.39 is 17.9 Å². The van der Waals surface area contributed by atoms with Crippen LogP contribution in [0.1, 0.15) is 66.7 Å². The number of carbonyl (C=O) groups is 2. The summed E-state index contributed by atoms with van der Waals surface area (Å²) in [5.74, 6) is -3.06. The average molecular weight is 387 g/mol. The predicted octanol–water partition coefficient (Wildman–Crippen LogP) is 6.08. The van der Waals surface area contributed by atoms with Crippen molar-refractivity contribution in [1.29, 1.82) is 0 Å². The van der Waals surface area contributed by atoms with E-state index in [-0.39, 0.29) is 18.3 Å².